The molecule has 0 radical (unpaired) electrons. The fourth-order valence-electron chi connectivity index (χ4n) is 2.18. The van der Waals surface area contributed by atoms with Crippen LogP contribution in [0.15, 0.2) is 23.0 Å². The van der Waals surface area contributed by atoms with E-state index in [1.54, 1.807) is 22.8 Å². The van der Waals surface area contributed by atoms with Crippen LogP contribution in [-0.4, -0.2) is 21.3 Å². The van der Waals surface area contributed by atoms with Gasteiger partial charge in [0.25, 0.3) is 0 Å². The van der Waals surface area contributed by atoms with Crippen LogP contribution in [0.3, 0.4) is 0 Å². The average molecular weight is 220 g/mol. The number of rotatable bonds is 1. The smallest absolute Gasteiger partial charge is 0.328 e. The van der Waals surface area contributed by atoms with Crippen molar-refractivity contribution in [1.29, 1.82) is 0 Å². The van der Waals surface area contributed by atoms with Gasteiger partial charge in [-0.1, -0.05) is 6.07 Å². The van der Waals surface area contributed by atoms with E-state index in [-0.39, 0.29) is 17.7 Å². The van der Waals surface area contributed by atoms with Crippen molar-refractivity contribution < 1.29 is 9.84 Å². The van der Waals surface area contributed by atoms with Crippen molar-refractivity contribution >= 4 is 11.0 Å². The molecule has 16 heavy (non-hydrogen) atoms. The zero-order valence-corrected chi connectivity index (χ0v) is 8.64. The van der Waals surface area contributed by atoms with Crippen molar-refractivity contribution in [2.24, 2.45) is 0 Å². The maximum absolute atomic E-state index is 11.8. The van der Waals surface area contributed by atoms with Crippen LogP contribution < -0.4 is 5.69 Å². The van der Waals surface area contributed by atoms with Gasteiger partial charge in [0.15, 0.2) is 0 Å². The van der Waals surface area contributed by atoms with Gasteiger partial charge in [0.2, 0.25) is 0 Å². The van der Waals surface area contributed by atoms with E-state index in [0.29, 0.717) is 17.6 Å². The highest BCUT2D eigenvalue weighted by Gasteiger charge is 2.22. The third kappa shape index (κ3) is 1.25. The number of nitrogens with one attached hydrogen (secondary N) is 1. The number of aromatic nitrogens is 2. The van der Waals surface area contributed by atoms with E-state index < -0.39 is 0 Å². The molecular formula is C11H12N2O3. The van der Waals surface area contributed by atoms with Gasteiger partial charge in [0.05, 0.1) is 5.52 Å². The monoisotopic (exact) mass is 220 g/mol. The van der Waals surface area contributed by atoms with Crippen LogP contribution in [0, 0.1) is 0 Å². The number of fused-ring (bicyclic) bond motifs is 1. The molecule has 1 aromatic carbocycles. The average Bonchev–Trinajstić information content (AvgIpc) is 2.85. The minimum Gasteiger partial charge on any atom is -0.506 e. The molecule has 5 nitrogen and oxygen atoms in total. The van der Waals surface area contributed by atoms with E-state index in [9.17, 15) is 9.90 Å². The lowest BCUT2D eigenvalue weighted by molar-refractivity contribution is 0.0573. The number of benzene rings is 1. The largest absolute Gasteiger partial charge is 0.506 e. The molecule has 3 rings (SSSR count). The lowest BCUT2D eigenvalue weighted by Crippen LogP contribution is -2.21. The highest BCUT2D eigenvalue weighted by molar-refractivity contribution is 5.81. The van der Waals surface area contributed by atoms with Crippen LogP contribution in [0.25, 0.3) is 11.0 Å². The van der Waals surface area contributed by atoms with Crippen LogP contribution in [0.2, 0.25) is 0 Å². The lowest BCUT2D eigenvalue weighted by Gasteiger charge is -2.10. The lowest BCUT2D eigenvalue weighted by atomic mass is 10.3. The summed E-state index contributed by atoms with van der Waals surface area (Å²) in [5.41, 5.74) is 0.934. The van der Waals surface area contributed by atoms with Crippen molar-refractivity contribution in [3.63, 3.8) is 0 Å². The second kappa shape index (κ2) is 3.38. The predicted octanol–water partition coefficient (Wildman–Crippen LogP) is 1.34. The Hall–Kier alpha value is -1.75. The van der Waals surface area contributed by atoms with E-state index in [1.807, 2.05) is 0 Å². The zero-order valence-electron chi connectivity index (χ0n) is 8.64. The molecule has 5 heteroatoms. The Labute approximate surface area is 91.3 Å². The van der Waals surface area contributed by atoms with Gasteiger partial charge in [-0.15, -0.1) is 0 Å². The second-order valence-electron chi connectivity index (χ2n) is 3.94. The second-order valence-corrected chi connectivity index (χ2v) is 3.94. The van der Waals surface area contributed by atoms with Crippen LogP contribution in [0.5, 0.6) is 5.75 Å². The van der Waals surface area contributed by atoms with E-state index in [1.165, 1.54) is 0 Å². The number of phenols is 1. The molecule has 0 bridgehead atoms. The highest BCUT2D eigenvalue weighted by atomic mass is 16.5. The number of aromatic hydroxyl groups is 1. The number of imidazole rings is 1. The Bertz CT molecular complexity index is 578. The van der Waals surface area contributed by atoms with Crippen molar-refractivity contribution in [2.75, 3.05) is 6.61 Å². The predicted molar refractivity (Wildman–Crippen MR) is 58.4 cm³/mol. The number of para-hydroxylation sites is 1. The van der Waals surface area contributed by atoms with Crippen LogP contribution in [0.1, 0.15) is 19.1 Å². The van der Waals surface area contributed by atoms with Crippen LogP contribution in [-0.2, 0) is 4.74 Å². The van der Waals surface area contributed by atoms with Gasteiger partial charge in [0.1, 0.15) is 17.5 Å². The van der Waals surface area contributed by atoms with Crippen molar-refractivity contribution in [2.45, 2.75) is 19.1 Å². The fourth-order valence-corrected chi connectivity index (χ4v) is 2.18. The normalized spacial score (nSPS) is 20.6. The number of nitrogens with zero attached hydrogens (tertiary/aromatic N) is 1. The molecule has 0 aliphatic carbocycles. The Morgan fingerprint density at radius 2 is 2.38 bits per heavy atom. The molecule has 2 heterocycles. The molecule has 1 saturated heterocycles. The first-order chi connectivity index (χ1) is 7.77. The molecule has 84 valence electrons. The molecule has 1 aliphatic rings. The molecule has 1 aliphatic heterocycles. The standard InChI is InChI=1S/C11H12N2O3/c14-8-4-1-3-7-10(8)12-11(15)13(7)9-5-2-6-16-9/h1,3-4,9,14H,2,5-6H2,(H,12,15). The quantitative estimate of drug-likeness (QED) is 0.762. The first-order valence-electron chi connectivity index (χ1n) is 5.31. The van der Waals surface area contributed by atoms with Crippen LogP contribution in [0.4, 0.5) is 0 Å². The topological polar surface area (TPSA) is 67.2 Å². The number of ether oxygens (including phenoxy) is 1. The Morgan fingerprint density at radius 1 is 1.50 bits per heavy atom. The Balaban J connectivity index is 2.27. The van der Waals surface area contributed by atoms with E-state index >= 15 is 0 Å². The minimum absolute atomic E-state index is 0.0892. The molecule has 0 saturated carbocycles. The minimum atomic E-state index is -0.233. The number of hydrogen-bond donors (Lipinski definition) is 2. The summed E-state index contributed by atoms with van der Waals surface area (Å²) in [5, 5.41) is 9.63. The first-order valence-corrected chi connectivity index (χ1v) is 5.31. The molecule has 1 fully saturated rings. The number of aromatic amines is 1. The maximum atomic E-state index is 11.8. The van der Waals surface area contributed by atoms with Crippen LogP contribution >= 0.6 is 0 Å². The highest BCUT2D eigenvalue weighted by Crippen LogP contribution is 2.27. The summed E-state index contributed by atoms with van der Waals surface area (Å²) in [7, 11) is 0. The van der Waals surface area contributed by atoms with Gasteiger partial charge < -0.3 is 14.8 Å². The fraction of sp³-hybridized carbons (Fsp3) is 0.364. The number of H-pyrrole nitrogens is 1. The van der Waals surface area contributed by atoms with E-state index in [4.69, 9.17) is 4.74 Å². The summed E-state index contributed by atoms with van der Waals surface area (Å²) in [6.45, 7) is 0.683. The summed E-state index contributed by atoms with van der Waals surface area (Å²) >= 11 is 0. The van der Waals surface area contributed by atoms with Gasteiger partial charge in [-0.2, -0.15) is 0 Å². The molecule has 0 spiro atoms. The van der Waals surface area contributed by atoms with Gasteiger partial charge in [-0.3, -0.25) is 4.57 Å². The molecule has 1 atom stereocenters. The third-order valence-corrected chi connectivity index (χ3v) is 2.92. The summed E-state index contributed by atoms with van der Waals surface area (Å²) < 4.78 is 7.06. The van der Waals surface area contributed by atoms with Gasteiger partial charge in [-0.25, -0.2) is 4.79 Å². The molecular weight excluding hydrogens is 208 g/mol. The SMILES string of the molecule is O=c1[nH]c2c(O)cccc2n1C1CCCO1. The first kappa shape index (κ1) is 9.47. The van der Waals surface area contributed by atoms with Crippen molar-refractivity contribution in [1.82, 2.24) is 9.55 Å². The van der Waals surface area contributed by atoms with E-state index in [2.05, 4.69) is 4.98 Å². The molecule has 2 N–H and O–H groups in total. The Morgan fingerprint density at radius 3 is 3.12 bits per heavy atom. The molecule has 1 unspecified atom stereocenters. The molecule has 2 aromatic rings. The summed E-state index contributed by atoms with van der Waals surface area (Å²) in [6, 6.07) is 5.07. The molecule has 1 aromatic heterocycles. The maximum Gasteiger partial charge on any atom is 0.328 e. The van der Waals surface area contributed by atoms with Gasteiger partial charge >= 0.3 is 5.69 Å². The van der Waals surface area contributed by atoms with Gasteiger partial charge in [0, 0.05) is 6.61 Å². The zero-order chi connectivity index (χ0) is 11.1. The van der Waals surface area contributed by atoms with E-state index in [0.717, 1.165) is 12.8 Å². The summed E-state index contributed by atoms with van der Waals surface area (Å²) in [6.07, 6.45) is 1.59. The molecule has 0 amide bonds. The summed E-state index contributed by atoms with van der Waals surface area (Å²) in [5.74, 6) is 0.0892. The number of hydrogen-bond acceptors (Lipinski definition) is 3. The van der Waals surface area contributed by atoms with Crippen molar-refractivity contribution in [3.8, 4) is 5.75 Å². The third-order valence-electron chi connectivity index (χ3n) is 2.92. The number of phenolic OH excluding ortho intramolecular Hbond substituents is 1. The van der Waals surface area contributed by atoms with Gasteiger partial charge in [-0.05, 0) is 25.0 Å². The Kier molecular flexibility index (Phi) is 2.00. The summed E-state index contributed by atoms with van der Waals surface area (Å²) in [4.78, 5) is 14.4. The van der Waals surface area contributed by atoms with Crippen molar-refractivity contribution in [3.05, 3.63) is 28.7 Å².